The first kappa shape index (κ1) is 19.4. The van der Waals surface area contributed by atoms with Crippen molar-refractivity contribution in [1.82, 2.24) is 0 Å². The number of anilines is 1. The summed E-state index contributed by atoms with van der Waals surface area (Å²) >= 11 is 5.76. The first-order chi connectivity index (χ1) is 12.5. The number of carbonyl (C=O) groups excluding carboxylic acids is 2. The molecule has 138 valence electrons. The van der Waals surface area contributed by atoms with Gasteiger partial charge in [0.05, 0.1) is 19.9 Å². The quantitative estimate of drug-likeness (QED) is 0.710. The minimum absolute atomic E-state index is 0.319. The van der Waals surface area contributed by atoms with Crippen LogP contribution in [-0.4, -0.2) is 39.3 Å². The van der Waals surface area contributed by atoms with Gasteiger partial charge in [0.15, 0.2) is 13.2 Å². The maximum absolute atomic E-state index is 11.9. The summed E-state index contributed by atoms with van der Waals surface area (Å²) in [6.07, 6.45) is 0. The molecule has 0 fully saturated rings. The van der Waals surface area contributed by atoms with Crippen LogP contribution in [0.3, 0.4) is 0 Å². The predicted molar refractivity (Wildman–Crippen MR) is 96.1 cm³/mol. The standard InChI is InChI=1S/C18H18ClNO6/c1-23-14-7-8-15(16(9-14)24-2)20-17(21)10-26-18(22)11-25-13-5-3-12(19)4-6-13/h3-9H,10-11H2,1-2H3,(H,20,21). The zero-order valence-electron chi connectivity index (χ0n) is 14.3. The lowest BCUT2D eigenvalue weighted by Gasteiger charge is -2.12. The highest BCUT2D eigenvalue weighted by molar-refractivity contribution is 6.30. The molecule has 0 aromatic heterocycles. The molecule has 1 amide bonds. The maximum atomic E-state index is 11.9. The van der Waals surface area contributed by atoms with Crippen LogP contribution < -0.4 is 19.5 Å². The van der Waals surface area contributed by atoms with E-state index in [1.54, 1.807) is 42.5 Å². The van der Waals surface area contributed by atoms with Crippen molar-refractivity contribution < 1.29 is 28.5 Å². The van der Waals surface area contributed by atoms with Gasteiger partial charge in [-0.15, -0.1) is 0 Å². The van der Waals surface area contributed by atoms with Crippen LogP contribution in [0.2, 0.25) is 5.02 Å². The SMILES string of the molecule is COc1ccc(NC(=O)COC(=O)COc2ccc(Cl)cc2)c(OC)c1. The molecule has 1 N–H and O–H groups in total. The third kappa shape index (κ3) is 5.86. The summed E-state index contributed by atoms with van der Waals surface area (Å²) in [6, 6.07) is 11.4. The molecule has 0 unspecified atom stereocenters. The Kier molecular flexibility index (Phi) is 7.11. The molecule has 2 aromatic rings. The highest BCUT2D eigenvalue weighted by atomic mass is 35.5. The number of esters is 1. The number of halogens is 1. The molecule has 2 rings (SSSR count). The van der Waals surface area contributed by atoms with E-state index in [2.05, 4.69) is 5.32 Å². The highest BCUT2D eigenvalue weighted by Gasteiger charge is 2.12. The van der Waals surface area contributed by atoms with Crippen LogP contribution in [0, 0.1) is 0 Å². The van der Waals surface area contributed by atoms with Gasteiger partial charge >= 0.3 is 5.97 Å². The molecular formula is C18H18ClNO6. The lowest BCUT2D eigenvalue weighted by atomic mass is 10.2. The molecule has 0 aliphatic heterocycles. The molecule has 0 radical (unpaired) electrons. The third-order valence-corrected chi connectivity index (χ3v) is 3.47. The normalized spacial score (nSPS) is 9.96. The molecule has 0 aliphatic rings. The van der Waals surface area contributed by atoms with Crippen molar-refractivity contribution in [3.63, 3.8) is 0 Å². The van der Waals surface area contributed by atoms with E-state index in [1.807, 2.05) is 0 Å². The Morgan fingerprint density at radius 3 is 2.31 bits per heavy atom. The molecule has 0 spiro atoms. The number of hydrogen-bond acceptors (Lipinski definition) is 6. The lowest BCUT2D eigenvalue weighted by Crippen LogP contribution is -2.23. The van der Waals surface area contributed by atoms with E-state index in [1.165, 1.54) is 14.2 Å². The van der Waals surface area contributed by atoms with Crippen LogP contribution >= 0.6 is 11.6 Å². The Labute approximate surface area is 155 Å². The Hall–Kier alpha value is -2.93. The largest absolute Gasteiger partial charge is 0.497 e. The highest BCUT2D eigenvalue weighted by Crippen LogP contribution is 2.28. The van der Waals surface area contributed by atoms with Crippen molar-refractivity contribution in [2.45, 2.75) is 0 Å². The van der Waals surface area contributed by atoms with Gasteiger partial charge < -0.3 is 24.3 Å². The van der Waals surface area contributed by atoms with Crippen LogP contribution in [0.1, 0.15) is 0 Å². The topological polar surface area (TPSA) is 83.1 Å². The molecule has 0 saturated heterocycles. The molecule has 0 atom stereocenters. The van der Waals surface area contributed by atoms with Crippen molar-refractivity contribution >= 4 is 29.2 Å². The van der Waals surface area contributed by atoms with E-state index in [4.69, 9.17) is 30.5 Å². The van der Waals surface area contributed by atoms with E-state index < -0.39 is 18.5 Å². The Morgan fingerprint density at radius 1 is 0.962 bits per heavy atom. The first-order valence-corrected chi connectivity index (χ1v) is 7.95. The van der Waals surface area contributed by atoms with Gasteiger partial charge in [-0.05, 0) is 36.4 Å². The number of ether oxygens (including phenoxy) is 4. The van der Waals surface area contributed by atoms with E-state index >= 15 is 0 Å². The van der Waals surface area contributed by atoms with Gasteiger partial charge in [0.1, 0.15) is 17.2 Å². The fraction of sp³-hybridized carbons (Fsp3) is 0.222. The van der Waals surface area contributed by atoms with E-state index in [9.17, 15) is 9.59 Å². The average Bonchev–Trinajstić information content (AvgIpc) is 2.66. The molecule has 0 heterocycles. The van der Waals surface area contributed by atoms with Gasteiger partial charge in [-0.3, -0.25) is 4.79 Å². The second-order valence-corrected chi connectivity index (χ2v) is 5.45. The van der Waals surface area contributed by atoms with Crippen molar-refractivity contribution in [2.24, 2.45) is 0 Å². The fourth-order valence-corrected chi connectivity index (χ4v) is 2.07. The lowest BCUT2D eigenvalue weighted by molar-refractivity contribution is -0.149. The summed E-state index contributed by atoms with van der Waals surface area (Å²) in [5.74, 6) is 0.310. The minimum atomic E-state index is -0.670. The fourth-order valence-electron chi connectivity index (χ4n) is 1.95. The van der Waals surface area contributed by atoms with Crippen LogP contribution in [0.15, 0.2) is 42.5 Å². The van der Waals surface area contributed by atoms with Crippen molar-refractivity contribution in [1.29, 1.82) is 0 Å². The van der Waals surface area contributed by atoms with E-state index in [-0.39, 0.29) is 6.61 Å². The summed E-state index contributed by atoms with van der Waals surface area (Å²) in [6.45, 7) is -0.765. The molecule has 26 heavy (non-hydrogen) atoms. The number of benzene rings is 2. The van der Waals surface area contributed by atoms with Crippen molar-refractivity contribution in [2.75, 3.05) is 32.8 Å². The molecular weight excluding hydrogens is 362 g/mol. The van der Waals surface area contributed by atoms with Gasteiger partial charge in [-0.25, -0.2) is 4.79 Å². The molecule has 0 aliphatic carbocycles. The van der Waals surface area contributed by atoms with E-state index in [0.29, 0.717) is 28.0 Å². The molecule has 0 saturated carbocycles. The number of rotatable bonds is 8. The molecule has 7 nitrogen and oxygen atoms in total. The van der Waals surface area contributed by atoms with Gasteiger partial charge in [0.25, 0.3) is 5.91 Å². The number of nitrogens with one attached hydrogen (secondary N) is 1. The summed E-state index contributed by atoms with van der Waals surface area (Å²) in [5, 5.41) is 3.16. The van der Waals surface area contributed by atoms with Crippen LogP contribution in [0.4, 0.5) is 5.69 Å². The second-order valence-electron chi connectivity index (χ2n) is 5.02. The first-order valence-electron chi connectivity index (χ1n) is 7.57. The van der Waals surface area contributed by atoms with Gasteiger partial charge in [0, 0.05) is 11.1 Å². The Morgan fingerprint density at radius 2 is 1.65 bits per heavy atom. The summed E-state index contributed by atoms with van der Waals surface area (Å²) < 4.78 is 20.4. The third-order valence-electron chi connectivity index (χ3n) is 3.22. The molecule has 0 bridgehead atoms. The number of amides is 1. The van der Waals surface area contributed by atoms with Gasteiger partial charge in [-0.1, -0.05) is 11.6 Å². The minimum Gasteiger partial charge on any atom is -0.497 e. The maximum Gasteiger partial charge on any atom is 0.344 e. The van der Waals surface area contributed by atoms with Gasteiger partial charge in [0.2, 0.25) is 0 Å². The summed E-state index contributed by atoms with van der Waals surface area (Å²) in [5.41, 5.74) is 0.437. The average molecular weight is 380 g/mol. The number of carbonyl (C=O) groups is 2. The van der Waals surface area contributed by atoms with Crippen molar-refractivity contribution in [3.8, 4) is 17.2 Å². The van der Waals surface area contributed by atoms with Crippen LogP contribution in [0.25, 0.3) is 0 Å². The van der Waals surface area contributed by atoms with E-state index in [0.717, 1.165) is 0 Å². The van der Waals surface area contributed by atoms with Crippen molar-refractivity contribution in [3.05, 3.63) is 47.5 Å². The zero-order valence-corrected chi connectivity index (χ0v) is 15.0. The number of methoxy groups -OCH3 is 2. The smallest absolute Gasteiger partial charge is 0.344 e. The van der Waals surface area contributed by atoms with Crippen LogP contribution in [0.5, 0.6) is 17.2 Å². The predicted octanol–water partition coefficient (Wildman–Crippen LogP) is 2.92. The van der Waals surface area contributed by atoms with Gasteiger partial charge in [-0.2, -0.15) is 0 Å². The van der Waals surface area contributed by atoms with Crippen LogP contribution in [-0.2, 0) is 14.3 Å². The monoisotopic (exact) mass is 379 g/mol. The number of hydrogen-bond donors (Lipinski definition) is 1. The summed E-state index contributed by atoms with van der Waals surface area (Å²) in [7, 11) is 3.00. The zero-order chi connectivity index (χ0) is 18.9. The second kappa shape index (κ2) is 9.53. The Balaban J connectivity index is 1.79. The summed E-state index contributed by atoms with van der Waals surface area (Å²) in [4.78, 5) is 23.6. The molecule has 8 heteroatoms. The Bertz CT molecular complexity index is 763. The molecule has 2 aromatic carbocycles.